The molecule has 0 bridgehead atoms. The van der Waals surface area contributed by atoms with Crippen LogP contribution < -0.4 is 10.9 Å². The van der Waals surface area contributed by atoms with E-state index < -0.39 is 0 Å². The van der Waals surface area contributed by atoms with Crippen molar-refractivity contribution in [1.82, 2.24) is 9.88 Å². The number of nitrogens with zero attached hydrogens (tertiary/aromatic N) is 1. The fourth-order valence-electron chi connectivity index (χ4n) is 3.65. The Morgan fingerprint density at radius 1 is 0.957 bits per heavy atom. The van der Waals surface area contributed by atoms with Gasteiger partial charge in [-0.2, -0.15) is 0 Å². The van der Waals surface area contributed by atoms with Crippen molar-refractivity contribution in [2.45, 2.75) is 57.2 Å². The number of nitrogens with one attached hydrogen (secondary N) is 1. The van der Waals surface area contributed by atoms with Gasteiger partial charge in [0.1, 0.15) is 0 Å². The van der Waals surface area contributed by atoms with Crippen LogP contribution in [0, 0.1) is 0 Å². The van der Waals surface area contributed by atoms with Crippen LogP contribution in [-0.2, 0) is 6.54 Å². The van der Waals surface area contributed by atoms with E-state index in [4.69, 9.17) is 0 Å². The molecular formula is C20H24N2O. The minimum Gasteiger partial charge on any atom is -0.310 e. The van der Waals surface area contributed by atoms with Crippen LogP contribution in [0.1, 0.15) is 50.1 Å². The SMILES string of the molecule is O=c1c(CNC2CCCC2)ccc(-c2ccccc2)n1C1CC1. The molecule has 2 aliphatic carbocycles. The molecule has 0 spiro atoms. The summed E-state index contributed by atoms with van der Waals surface area (Å²) in [5.74, 6) is 0. The lowest BCUT2D eigenvalue weighted by Crippen LogP contribution is -2.31. The molecule has 1 aromatic heterocycles. The molecule has 1 heterocycles. The highest BCUT2D eigenvalue weighted by atomic mass is 16.1. The smallest absolute Gasteiger partial charge is 0.255 e. The number of aromatic nitrogens is 1. The first kappa shape index (κ1) is 14.7. The zero-order valence-corrected chi connectivity index (χ0v) is 13.5. The van der Waals surface area contributed by atoms with Gasteiger partial charge in [0.2, 0.25) is 0 Å². The summed E-state index contributed by atoms with van der Waals surface area (Å²) in [5.41, 5.74) is 3.29. The van der Waals surface area contributed by atoms with Crippen LogP contribution >= 0.6 is 0 Å². The number of hydrogen-bond acceptors (Lipinski definition) is 2. The molecule has 0 aliphatic heterocycles. The van der Waals surface area contributed by atoms with Gasteiger partial charge in [-0.25, -0.2) is 0 Å². The molecule has 2 aromatic rings. The summed E-state index contributed by atoms with van der Waals surface area (Å²) in [4.78, 5) is 13.0. The first-order chi connectivity index (χ1) is 11.3. The first-order valence-electron chi connectivity index (χ1n) is 8.86. The van der Waals surface area contributed by atoms with Crippen LogP contribution in [0.25, 0.3) is 11.3 Å². The molecule has 2 saturated carbocycles. The van der Waals surface area contributed by atoms with Gasteiger partial charge in [-0.3, -0.25) is 4.79 Å². The van der Waals surface area contributed by atoms with E-state index in [1.54, 1.807) is 0 Å². The first-order valence-corrected chi connectivity index (χ1v) is 8.86. The van der Waals surface area contributed by atoms with Crippen molar-refractivity contribution in [3.8, 4) is 11.3 Å². The van der Waals surface area contributed by atoms with Crippen molar-refractivity contribution in [1.29, 1.82) is 0 Å². The molecule has 120 valence electrons. The Bertz CT molecular complexity index is 725. The lowest BCUT2D eigenvalue weighted by molar-refractivity contribution is 0.519. The Morgan fingerprint density at radius 3 is 2.39 bits per heavy atom. The number of pyridine rings is 1. The summed E-state index contributed by atoms with van der Waals surface area (Å²) >= 11 is 0. The highest BCUT2D eigenvalue weighted by Gasteiger charge is 2.28. The number of hydrogen-bond donors (Lipinski definition) is 1. The monoisotopic (exact) mass is 308 g/mol. The van der Waals surface area contributed by atoms with Crippen molar-refractivity contribution < 1.29 is 0 Å². The average Bonchev–Trinajstić information content (AvgIpc) is 3.29. The van der Waals surface area contributed by atoms with Crippen molar-refractivity contribution in [3.05, 3.63) is 58.4 Å². The molecule has 2 aliphatic rings. The molecule has 3 heteroatoms. The van der Waals surface area contributed by atoms with Gasteiger partial charge >= 0.3 is 0 Å². The zero-order valence-electron chi connectivity index (χ0n) is 13.5. The van der Waals surface area contributed by atoms with Gasteiger partial charge in [0.15, 0.2) is 0 Å². The maximum atomic E-state index is 13.0. The zero-order chi connectivity index (χ0) is 15.6. The van der Waals surface area contributed by atoms with Gasteiger partial charge in [-0.05, 0) is 37.3 Å². The number of rotatable bonds is 5. The minimum absolute atomic E-state index is 0.194. The molecule has 3 nitrogen and oxygen atoms in total. The van der Waals surface area contributed by atoms with E-state index >= 15 is 0 Å². The Morgan fingerprint density at radius 2 is 1.70 bits per heavy atom. The molecule has 0 amide bonds. The predicted octanol–water partition coefficient (Wildman–Crippen LogP) is 3.88. The van der Waals surface area contributed by atoms with Gasteiger partial charge in [0, 0.05) is 24.2 Å². The lowest BCUT2D eigenvalue weighted by atomic mass is 10.1. The molecule has 0 atom stereocenters. The fourth-order valence-corrected chi connectivity index (χ4v) is 3.65. The highest BCUT2D eigenvalue weighted by molar-refractivity contribution is 5.60. The van der Waals surface area contributed by atoms with Crippen molar-refractivity contribution in [2.75, 3.05) is 0 Å². The van der Waals surface area contributed by atoms with Crippen LogP contribution in [-0.4, -0.2) is 10.6 Å². The molecule has 0 radical (unpaired) electrons. The van der Waals surface area contributed by atoms with E-state index in [0.29, 0.717) is 18.6 Å². The van der Waals surface area contributed by atoms with Gasteiger partial charge < -0.3 is 9.88 Å². The second-order valence-electron chi connectivity index (χ2n) is 6.88. The maximum absolute atomic E-state index is 13.0. The standard InChI is InChI=1S/C20H24N2O/c23-20-16(14-21-17-8-4-5-9-17)10-13-19(22(20)18-11-12-18)15-6-2-1-3-7-15/h1-3,6-7,10,13,17-18,21H,4-5,8-9,11-12,14H2. The molecule has 4 rings (SSSR count). The number of benzene rings is 1. The molecule has 23 heavy (non-hydrogen) atoms. The Balaban J connectivity index is 1.64. The largest absolute Gasteiger partial charge is 0.310 e. The van der Waals surface area contributed by atoms with E-state index in [9.17, 15) is 4.79 Å². The lowest BCUT2D eigenvalue weighted by Gasteiger charge is -2.16. The second-order valence-corrected chi connectivity index (χ2v) is 6.88. The second kappa shape index (κ2) is 6.32. The highest BCUT2D eigenvalue weighted by Crippen LogP contribution is 2.37. The summed E-state index contributed by atoms with van der Waals surface area (Å²) in [6, 6.07) is 15.4. The molecule has 0 unspecified atom stereocenters. The summed E-state index contributed by atoms with van der Waals surface area (Å²) in [5, 5.41) is 3.57. The molecular weight excluding hydrogens is 284 g/mol. The molecule has 2 fully saturated rings. The van der Waals surface area contributed by atoms with Crippen LogP contribution in [0.2, 0.25) is 0 Å². The van der Waals surface area contributed by atoms with Crippen LogP contribution in [0.4, 0.5) is 0 Å². The third kappa shape index (κ3) is 3.11. The average molecular weight is 308 g/mol. The minimum atomic E-state index is 0.194. The van der Waals surface area contributed by atoms with Gasteiger partial charge in [0.05, 0.1) is 5.69 Å². The Kier molecular flexibility index (Phi) is 4.04. The summed E-state index contributed by atoms with van der Waals surface area (Å²) < 4.78 is 2.03. The van der Waals surface area contributed by atoms with E-state index in [0.717, 1.165) is 29.7 Å². The third-order valence-corrected chi connectivity index (χ3v) is 5.11. The van der Waals surface area contributed by atoms with E-state index in [-0.39, 0.29) is 5.56 Å². The topological polar surface area (TPSA) is 34.0 Å². The van der Waals surface area contributed by atoms with E-state index in [1.165, 1.54) is 25.7 Å². The van der Waals surface area contributed by atoms with Gasteiger partial charge in [-0.1, -0.05) is 49.2 Å². The normalized spacial score (nSPS) is 18.4. The Hall–Kier alpha value is -1.87. The summed E-state index contributed by atoms with van der Waals surface area (Å²) in [7, 11) is 0. The maximum Gasteiger partial charge on any atom is 0.255 e. The van der Waals surface area contributed by atoms with Crippen LogP contribution in [0.15, 0.2) is 47.3 Å². The van der Waals surface area contributed by atoms with E-state index in [2.05, 4.69) is 23.5 Å². The predicted molar refractivity (Wildman–Crippen MR) is 93.5 cm³/mol. The third-order valence-electron chi connectivity index (χ3n) is 5.11. The van der Waals surface area contributed by atoms with Gasteiger partial charge in [0.25, 0.3) is 5.56 Å². The van der Waals surface area contributed by atoms with E-state index in [1.807, 2.05) is 28.8 Å². The summed E-state index contributed by atoms with van der Waals surface area (Å²) in [6.07, 6.45) is 7.38. The van der Waals surface area contributed by atoms with Crippen LogP contribution in [0.5, 0.6) is 0 Å². The van der Waals surface area contributed by atoms with Crippen molar-refractivity contribution in [2.24, 2.45) is 0 Å². The van der Waals surface area contributed by atoms with Gasteiger partial charge in [-0.15, -0.1) is 0 Å². The van der Waals surface area contributed by atoms with Crippen molar-refractivity contribution in [3.63, 3.8) is 0 Å². The summed E-state index contributed by atoms with van der Waals surface area (Å²) in [6.45, 7) is 0.700. The molecule has 0 saturated heterocycles. The van der Waals surface area contributed by atoms with Crippen LogP contribution in [0.3, 0.4) is 0 Å². The fraction of sp³-hybridized carbons (Fsp3) is 0.450. The molecule has 1 N–H and O–H groups in total. The Labute approximate surface area is 137 Å². The quantitative estimate of drug-likeness (QED) is 0.909. The van der Waals surface area contributed by atoms with Crippen molar-refractivity contribution >= 4 is 0 Å². The molecule has 1 aromatic carbocycles.